The van der Waals surface area contributed by atoms with Crippen LogP contribution < -0.4 is 10.9 Å². The van der Waals surface area contributed by atoms with Gasteiger partial charge in [0.05, 0.1) is 17.5 Å². The van der Waals surface area contributed by atoms with Crippen molar-refractivity contribution in [1.82, 2.24) is 19.8 Å². The van der Waals surface area contributed by atoms with Gasteiger partial charge >= 0.3 is 6.09 Å². The zero-order chi connectivity index (χ0) is 21.8. The van der Waals surface area contributed by atoms with Crippen LogP contribution in [0.2, 0.25) is 0 Å². The van der Waals surface area contributed by atoms with E-state index < -0.39 is 0 Å². The standard InChI is InChI=1S/C23H30N4O4/c1-2-31-23(30)26-13-10-17(11-14-26)24-21(28)16-8-9-18-19(15-16)25-20-7-5-3-4-6-12-27(20)22(18)29/h8-9,15,17H,2-7,10-14H2,1H3,(H,24,28). The highest BCUT2D eigenvalue weighted by molar-refractivity contribution is 5.97. The number of nitrogens with one attached hydrogen (secondary N) is 1. The van der Waals surface area contributed by atoms with Gasteiger partial charge in [0, 0.05) is 37.7 Å². The number of rotatable bonds is 3. The summed E-state index contributed by atoms with van der Waals surface area (Å²) >= 11 is 0. The quantitative estimate of drug-likeness (QED) is 0.815. The molecule has 0 radical (unpaired) electrons. The molecule has 1 fully saturated rings. The maximum absolute atomic E-state index is 12.9. The van der Waals surface area contributed by atoms with E-state index in [0.717, 1.165) is 37.9 Å². The summed E-state index contributed by atoms with van der Waals surface area (Å²) in [6, 6.07) is 5.14. The van der Waals surface area contributed by atoms with Crippen LogP contribution in [0.15, 0.2) is 23.0 Å². The van der Waals surface area contributed by atoms with Crippen molar-refractivity contribution >= 4 is 22.9 Å². The lowest BCUT2D eigenvalue weighted by Gasteiger charge is -2.31. The fraction of sp³-hybridized carbons (Fsp3) is 0.565. The van der Waals surface area contributed by atoms with Gasteiger partial charge in [0.2, 0.25) is 0 Å². The SMILES string of the molecule is CCOC(=O)N1CCC(NC(=O)c2ccc3c(=O)n4c(nc3c2)CCCCCC4)CC1. The second kappa shape index (κ2) is 9.49. The average molecular weight is 427 g/mol. The largest absolute Gasteiger partial charge is 0.450 e. The lowest BCUT2D eigenvalue weighted by atomic mass is 10.0. The van der Waals surface area contributed by atoms with Crippen LogP contribution in [-0.2, 0) is 17.7 Å². The first kappa shape index (κ1) is 21.3. The van der Waals surface area contributed by atoms with Gasteiger partial charge in [-0.05, 0) is 50.8 Å². The number of aryl methyl sites for hydroxylation is 1. The number of hydrogen-bond donors (Lipinski definition) is 1. The molecule has 8 nitrogen and oxygen atoms in total. The Kier molecular flexibility index (Phi) is 6.53. The van der Waals surface area contributed by atoms with Crippen LogP contribution in [0.4, 0.5) is 4.79 Å². The number of aromatic nitrogens is 2. The van der Waals surface area contributed by atoms with Gasteiger partial charge in [0.15, 0.2) is 0 Å². The molecule has 0 spiro atoms. The van der Waals surface area contributed by atoms with E-state index in [1.807, 2.05) is 0 Å². The molecule has 0 bridgehead atoms. The second-order valence-electron chi connectivity index (χ2n) is 8.31. The van der Waals surface area contributed by atoms with Gasteiger partial charge in [-0.3, -0.25) is 14.2 Å². The fourth-order valence-electron chi connectivity index (χ4n) is 4.43. The van der Waals surface area contributed by atoms with Crippen LogP contribution in [0.1, 0.15) is 61.6 Å². The van der Waals surface area contributed by atoms with Crippen LogP contribution >= 0.6 is 0 Å². The van der Waals surface area contributed by atoms with E-state index in [1.54, 1.807) is 34.6 Å². The first-order valence-corrected chi connectivity index (χ1v) is 11.3. The predicted molar refractivity (Wildman–Crippen MR) is 117 cm³/mol. The van der Waals surface area contributed by atoms with Crippen molar-refractivity contribution in [2.24, 2.45) is 0 Å². The molecule has 3 heterocycles. The highest BCUT2D eigenvalue weighted by atomic mass is 16.6. The smallest absolute Gasteiger partial charge is 0.409 e. The molecule has 31 heavy (non-hydrogen) atoms. The number of ether oxygens (including phenoxy) is 1. The van der Waals surface area contributed by atoms with Crippen LogP contribution in [0, 0.1) is 0 Å². The molecule has 0 aliphatic carbocycles. The summed E-state index contributed by atoms with van der Waals surface area (Å²) in [5.74, 6) is 0.645. The summed E-state index contributed by atoms with van der Waals surface area (Å²) in [5, 5.41) is 3.62. The summed E-state index contributed by atoms with van der Waals surface area (Å²) in [7, 11) is 0. The van der Waals surface area contributed by atoms with Crippen LogP contribution in [-0.4, -0.2) is 52.2 Å². The summed E-state index contributed by atoms with van der Waals surface area (Å²) in [6.07, 6.45) is 6.19. The molecule has 1 N–H and O–H groups in total. The Hall–Kier alpha value is -2.90. The lowest BCUT2D eigenvalue weighted by Crippen LogP contribution is -2.46. The molecule has 4 rings (SSSR count). The highest BCUT2D eigenvalue weighted by Gasteiger charge is 2.25. The third-order valence-electron chi connectivity index (χ3n) is 6.18. The van der Waals surface area contributed by atoms with E-state index in [4.69, 9.17) is 9.72 Å². The molecular weight excluding hydrogens is 396 g/mol. The molecule has 2 amide bonds. The van der Waals surface area contributed by atoms with Crippen molar-refractivity contribution < 1.29 is 14.3 Å². The molecule has 0 saturated carbocycles. The summed E-state index contributed by atoms with van der Waals surface area (Å²) in [6.45, 7) is 3.98. The number of piperidine rings is 1. The van der Waals surface area contributed by atoms with E-state index in [0.29, 0.717) is 55.5 Å². The number of hydrogen-bond acceptors (Lipinski definition) is 5. The van der Waals surface area contributed by atoms with Gasteiger partial charge < -0.3 is 15.0 Å². The Labute approximate surface area is 181 Å². The summed E-state index contributed by atoms with van der Waals surface area (Å²) in [5.41, 5.74) is 1.07. The van der Waals surface area contributed by atoms with E-state index in [2.05, 4.69) is 5.32 Å². The normalized spacial score (nSPS) is 17.5. The maximum Gasteiger partial charge on any atom is 0.409 e. The number of nitrogens with zero attached hydrogens (tertiary/aromatic N) is 3. The van der Waals surface area contributed by atoms with Gasteiger partial charge in [-0.15, -0.1) is 0 Å². The molecule has 1 aromatic carbocycles. The molecule has 1 aromatic heterocycles. The molecule has 0 atom stereocenters. The first-order valence-electron chi connectivity index (χ1n) is 11.3. The van der Waals surface area contributed by atoms with E-state index >= 15 is 0 Å². The zero-order valence-electron chi connectivity index (χ0n) is 18.1. The van der Waals surface area contributed by atoms with Gasteiger partial charge in [-0.2, -0.15) is 0 Å². The molecule has 0 unspecified atom stereocenters. The van der Waals surface area contributed by atoms with Crippen molar-refractivity contribution in [3.63, 3.8) is 0 Å². The molecule has 166 valence electrons. The Morgan fingerprint density at radius 1 is 1.13 bits per heavy atom. The van der Waals surface area contributed by atoms with Crippen molar-refractivity contribution in [2.75, 3.05) is 19.7 Å². The molecule has 8 heteroatoms. The number of benzene rings is 1. The number of carbonyl (C=O) groups is 2. The van der Waals surface area contributed by atoms with E-state index in [1.165, 1.54) is 0 Å². The van der Waals surface area contributed by atoms with E-state index in [-0.39, 0.29) is 23.6 Å². The van der Waals surface area contributed by atoms with Crippen molar-refractivity contribution in [1.29, 1.82) is 0 Å². The van der Waals surface area contributed by atoms with E-state index in [9.17, 15) is 14.4 Å². The van der Waals surface area contributed by atoms with Gasteiger partial charge in [-0.25, -0.2) is 9.78 Å². The summed E-state index contributed by atoms with van der Waals surface area (Å²) in [4.78, 5) is 44.0. The molecule has 2 aliphatic rings. The lowest BCUT2D eigenvalue weighted by molar-refractivity contribution is 0.0860. The predicted octanol–water partition coefficient (Wildman–Crippen LogP) is 2.86. The second-order valence-corrected chi connectivity index (χ2v) is 8.31. The molecular formula is C23H30N4O4. The Balaban J connectivity index is 1.47. The average Bonchev–Trinajstić information content (AvgIpc) is 2.75. The number of carbonyl (C=O) groups excluding carboxylic acids is 2. The Bertz CT molecular complexity index is 1020. The minimum atomic E-state index is -0.297. The third-order valence-corrected chi connectivity index (χ3v) is 6.18. The number of fused-ring (bicyclic) bond motifs is 2. The van der Waals surface area contributed by atoms with Crippen LogP contribution in [0.3, 0.4) is 0 Å². The number of amides is 2. The van der Waals surface area contributed by atoms with Gasteiger partial charge in [-0.1, -0.05) is 12.8 Å². The molecule has 1 saturated heterocycles. The minimum Gasteiger partial charge on any atom is -0.450 e. The van der Waals surface area contributed by atoms with Crippen molar-refractivity contribution in [3.8, 4) is 0 Å². The van der Waals surface area contributed by atoms with Crippen LogP contribution in [0.5, 0.6) is 0 Å². The number of likely N-dealkylation sites (tertiary alicyclic amines) is 1. The highest BCUT2D eigenvalue weighted by Crippen LogP contribution is 2.17. The Morgan fingerprint density at radius 3 is 2.68 bits per heavy atom. The van der Waals surface area contributed by atoms with Crippen molar-refractivity contribution in [3.05, 3.63) is 39.9 Å². The molecule has 2 aliphatic heterocycles. The first-order chi connectivity index (χ1) is 15.1. The molecule has 2 aromatic rings. The monoisotopic (exact) mass is 426 g/mol. The van der Waals surface area contributed by atoms with Crippen LogP contribution in [0.25, 0.3) is 10.9 Å². The zero-order valence-corrected chi connectivity index (χ0v) is 18.1. The van der Waals surface area contributed by atoms with Crippen molar-refractivity contribution in [2.45, 2.75) is 64.5 Å². The maximum atomic E-state index is 12.9. The topological polar surface area (TPSA) is 93.5 Å². The fourth-order valence-corrected chi connectivity index (χ4v) is 4.43. The Morgan fingerprint density at radius 2 is 1.90 bits per heavy atom. The van der Waals surface area contributed by atoms with Gasteiger partial charge in [0.1, 0.15) is 5.82 Å². The van der Waals surface area contributed by atoms with Gasteiger partial charge in [0.25, 0.3) is 11.5 Å². The third kappa shape index (κ3) is 4.73. The summed E-state index contributed by atoms with van der Waals surface area (Å²) < 4.78 is 6.84. The minimum absolute atomic E-state index is 0.00301.